The summed E-state index contributed by atoms with van der Waals surface area (Å²) in [6, 6.07) is 6.55. The van der Waals surface area contributed by atoms with Crippen molar-refractivity contribution in [3.63, 3.8) is 0 Å². The lowest BCUT2D eigenvalue weighted by atomic mass is 9.79. The van der Waals surface area contributed by atoms with Gasteiger partial charge in [-0.25, -0.2) is 0 Å². The molecule has 4 atom stereocenters. The summed E-state index contributed by atoms with van der Waals surface area (Å²) in [5, 5.41) is 12.3. The third kappa shape index (κ3) is 4.46. The molecule has 1 fully saturated rings. The van der Waals surface area contributed by atoms with Crippen LogP contribution in [0.4, 0.5) is 0 Å². The smallest absolute Gasteiger partial charge is 0.237 e. The summed E-state index contributed by atoms with van der Waals surface area (Å²) in [6.45, 7) is 4.53. The Morgan fingerprint density at radius 1 is 1.29 bits per heavy atom. The summed E-state index contributed by atoms with van der Waals surface area (Å²) < 4.78 is 0. The van der Waals surface area contributed by atoms with Crippen molar-refractivity contribution in [2.45, 2.75) is 51.6 Å². The highest BCUT2D eigenvalue weighted by molar-refractivity contribution is 5.82. The minimum Gasteiger partial charge on any atom is -0.508 e. The second-order valence-electron chi connectivity index (χ2n) is 6.45. The van der Waals surface area contributed by atoms with Gasteiger partial charge in [0.25, 0.3) is 0 Å². The molecule has 2 rings (SSSR count). The van der Waals surface area contributed by atoms with Crippen molar-refractivity contribution in [1.82, 2.24) is 5.32 Å². The summed E-state index contributed by atoms with van der Waals surface area (Å²) in [5.41, 5.74) is 6.95. The van der Waals surface area contributed by atoms with Crippen LogP contribution in [-0.2, 0) is 11.2 Å². The lowest BCUT2D eigenvalue weighted by Crippen LogP contribution is -2.48. The van der Waals surface area contributed by atoms with Crippen molar-refractivity contribution in [2.75, 3.05) is 0 Å². The molecule has 1 saturated carbocycles. The highest BCUT2D eigenvalue weighted by Crippen LogP contribution is 2.29. The number of rotatable bonds is 4. The van der Waals surface area contributed by atoms with Gasteiger partial charge < -0.3 is 16.2 Å². The number of phenols is 1. The predicted octanol–water partition coefficient (Wildman–Crippen LogP) is 2.20. The van der Waals surface area contributed by atoms with Crippen molar-refractivity contribution in [3.8, 4) is 5.75 Å². The van der Waals surface area contributed by atoms with E-state index in [1.807, 2.05) is 0 Å². The van der Waals surface area contributed by atoms with Gasteiger partial charge in [0.05, 0.1) is 6.04 Å². The summed E-state index contributed by atoms with van der Waals surface area (Å²) in [7, 11) is 0. The molecule has 1 aromatic rings. The van der Waals surface area contributed by atoms with Crippen LogP contribution in [0, 0.1) is 11.8 Å². The van der Waals surface area contributed by atoms with Crippen LogP contribution in [0.3, 0.4) is 0 Å². The van der Waals surface area contributed by atoms with E-state index >= 15 is 0 Å². The maximum Gasteiger partial charge on any atom is 0.237 e. The van der Waals surface area contributed by atoms with Gasteiger partial charge in [-0.1, -0.05) is 26.0 Å². The van der Waals surface area contributed by atoms with E-state index < -0.39 is 6.04 Å². The fourth-order valence-electron chi connectivity index (χ4n) is 2.97. The second kappa shape index (κ2) is 6.94. The standard InChI is InChI=1S/C17H26N2O2/c1-11-3-6-14(9-12(11)2)19-17(21)16(18)10-13-4-7-15(20)8-5-13/h4-5,7-8,11-12,14,16,20H,3,6,9-10,18H2,1-2H3,(H,19,21). The molecule has 21 heavy (non-hydrogen) atoms. The third-order valence-corrected chi connectivity index (χ3v) is 4.67. The fourth-order valence-corrected chi connectivity index (χ4v) is 2.97. The van der Waals surface area contributed by atoms with Gasteiger partial charge in [0.1, 0.15) is 5.75 Å². The monoisotopic (exact) mass is 290 g/mol. The Morgan fingerprint density at radius 2 is 1.95 bits per heavy atom. The first kappa shape index (κ1) is 15.8. The maximum atomic E-state index is 12.2. The number of nitrogens with two attached hydrogens (primary N) is 1. The first-order valence-corrected chi connectivity index (χ1v) is 7.79. The summed E-state index contributed by atoms with van der Waals surface area (Å²) in [5.74, 6) is 1.54. The van der Waals surface area contributed by atoms with Gasteiger partial charge in [0, 0.05) is 6.04 Å². The Balaban J connectivity index is 1.83. The number of nitrogens with one attached hydrogen (secondary N) is 1. The molecule has 1 amide bonds. The average Bonchev–Trinajstić information content (AvgIpc) is 2.45. The third-order valence-electron chi connectivity index (χ3n) is 4.67. The Bertz CT molecular complexity index is 472. The molecule has 4 heteroatoms. The lowest BCUT2D eigenvalue weighted by Gasteiger charge is -2.33. The van der Waals surface area contributed by atoms with E-state index in [0.29, 0.717) is 12.3 Å². The van der Waals surface area contributed by atoms with Crippen molar-refractivity contribution < 1.29 is 9.90 Å². The molecule has 1 aliphatic rings. The molecule has 0 spiro atoms. The molecular weight excluding hydrogens is 264 g/mol. The van der Waals surface area contributed by atoms with E-state index in [-0.39, 0.29) is 17.7 Å². The molecule has 1 aromatic carbocycles. The molecule has 0 aliphatic heterocycles. The molecule has 0 heterocycles. The van der Waals surface area contributed by atoms with Crippen LogP contribution < -0.4 is 11.1 Å². The highest BCUT2D eigenvalue weighted by atomic mass is 16.3. The number of hydrogen-bond acceptors (Lipinski definition) is 3. The van der Waals surface area contributed by atoms with Crippen LogP contribution in [0.2, 0.25) is 0 Å². The van der Waals surface area contributed by atoms with E-state index in [1.54, 1.807) is 24.3 Å². The maximum absolute atomic E-state index is 12.2. The van der Waals surface area contributed by atoms with Gasteiger partial charge in [-0.3, -0.25) is 4.79 Å². The van der Waals surface area contributed by atoms with Crippen LogP contribution in [-0.4, -0.2) is 23.1 Å². The molecule has 0 bridgehead atoms. The van der Waals surface area contributed by atoms with Gasteiger partial charge in [-0.2, -0.15) is 0 Å². The molecule has 0 radical (unpaired) electrons. The van der Waals surface area contributed by atoms with E-state index in [2.05, 4.69) is 19.2 Å². The van der Waals surface area contributed by atoms with E-state index in [0.717, 1.165) is 24.3 Å². The number of benzene rings is 1. The molecule has 0 aromatic heterocycles. The van der Waals surface area contributed by atoms with Crippen LogP contribution in [0.5, 0.6) is 5.75 Å². The lowest BCUT2D eigenvalue weighted by molar-refractivity contribution is -0.123. The first-order chi connectivity index (χ1) is 9.95. The molecule has 0 saturated heterocycles. The Morgan fingerprint density at radius 3 is 2.57 bits per heavy atom. The topological polar surface area (TPSA) is 75.4 Å². The number of carbonyl (C=O) groups excluding carboxylic acids is 1. The minimum absolute atomic E-state index is 0.0742. The zero-order chi connectivity index (χ0) is 15.4. The number of hydrogen-bond donors (Lipinski definition) is 3. The second-order valence-corrected chi connectivity index (χ2v) is 6.45. The molecule has 116 valence electrons. The number of aromatic hydroxyl groups is 1. The quantitative estimate of drug-likeness (QED) is 0.795. The zero-order valence-electron chi connectivity index (χ0n) is 12.9. The van der Waals surface area contributed by atoms with E-state index in [9.17, 15) is 9.90 Å². The van der Waals surface area contributed by atoms with Gasteiger partial charge in [0.2, 0.25) is 5.91 Å². The summed E-state index contributed by atoms with van der Waals surface area (Å²) in [4.78, 5) is 12.2. The Hall–Kier alpha value is -1.55. The van der Waals surface area contributed by atoms with Crippen LogP contribution in [0.15, 0.2) is 24.3 Å². The minimum atomic E-state index is -0.538. The van der Waals surface area contributed by atoms with Crippen molar-refractivity contribution in [2.24, 2.45) is 17.6 Å². The fraction of sp³-hybridized carbons (Fsp3) is 0.588. The van der Waals surface area contributed by atoms with Crippen molar-refractivity contribution in [3.05, 3.63) is 29.8 Å². The van der Waals surface area contributed by atoms with Gasteiger partial charge in [-0.15, -0.1) is 0 Å². The van der Waals surface area contributed by atoms with E-state index in [4.69, 9.17) is 5.73 Å². The molecule has 1 aliphatic carbocycles. The number of amides is 1. The Labute approximate surface area is 126 Å². The van der Waals surface area contributed by atoms with E-state index in [1.165, 1.54) is 6.42 Å². The molecule has 4 unspecified atom stereocenters. The van der Waals surface area contributed by atoms with Gasteiger partial charge in [-0.05, 0) is 55.2 Å². The van der Waals surface area contributed by atoms with Gasteiger partial charge >= 0.3 is 0 Å². The van der Waals surface area contributed by atoms with Crippen LogP contribution in [0.1, 0.15) is 38.7 Å². The van der Waals surface area contributed by atoms with Crippen molar-refractivity contribution >= 4 is 5.91 Å². The number of phenolic OH excluding ortho intramolecular Hbond substituents is 1. The van der Waals surface area contributed by atoms with Crippen LogP contribution >= 0.6 is 0 Å². The zero-order valence-corrected chi connectivity index (χ0v) is 12.9. The van der Waals surface area contributed by atoms with Crippen molar-refractivity contribution in [1.29, 1.82) is 0 Å². The summed E-state index contributed by atoms with van der Waals surface area (Å²) >= 11 is 0. The Kier molecular flexibility index (Phi) is 5.23. The molecular formula is C17H26N2O2. The normalized spacial score (nSPS) is 27.1. The first-order valence-electron chi connectivity index (χ1n) is 7.79. The summed E-state index contributed by atoms with van der Waals surface area (Å²) in [6.07, 6.45) is 3.74. The largest absolute Gasteiger partial charge is 0.508 e. The van der Waals surface area contributed by atoms with Gasteiger partial charge in [0.15, 0.2) is 0 Å². The highest BCUT2D eigenvalue weighted by Gasteiger charge is 2.26. The predicted molar refractivity (Wildman–Crippen MR) is 83.9 cm³/mol. The SMILES string of the molecule is CC1CCC(NC(=O)C(N)Cc2ccc(O)cc2)CC1C. The number of carbonyl (C=O) groups is 1. The van der Waals surface area contributed by atoms with Crippen LogP contribution in [0.25, 0.3) is 0 Å². The molecule has 4 nitrogen and oxygen atoms in total. The molecule has 4 N–H and O–H groups in total. The average molecular weight is 290 g/mol.